The maximum Gasteiger partial charge on any atom is 0.251 e. The molecule has 5 heteroatoms. The highest BCUT2D eigenvalue weighted by Gasteiger charge is 2.16. The number of benzene rings is 1. The highest BCUT2D eigenvalue weighted by Crippen LogP contribution is 2.20. The number of nitriles is 1. The SMILES string of the molecule is CN(C)C(CNC(=O)c1ccc(C#N)cc1)c1ccsc1. The number of nitrogens with one attached hydrogen (secondary N) is 1. The molecular formula is C16H17N3OS. The van der Waals surface area contributed by atoms with E-state index in [2.05, 4.69) is 21.7 Å². The van der Waals surface area contributed by atoms with Gasteiger partial charge in [0.1, 0.15) is 0 Å². The van der Waals surface area contributed by atoms with Crippen LogP contribution in [0.25, 0.3) is 0 Å². The molecule has 1 aromatic carbocycles. The molecule has 108 valence electrons. The minimum atomic E-state index is -0.124. The Kier molecular flexibility index (Phi) is 5.09. The second-order valence-corrected chi connectivity index (χ2v) is 5.72. The van der Waals surface area contributed by atoms with Gasteiger partial charge in [-0.2, -0.15) is 16.6 Å². The van der Waals surface area contributed by atoms with E-state index < -0.39 is 0 Å². The number of nitrogens with zero attached hydrogens (tertiary/aromatic N) is 2. The molecule has 0 fully saturated rings. The summed E-state index contributed by atoms with van der Waals surface area (Å²) < 4.78 is 0. The van der Waals surface area contributed by atoms with Crippen molar-refractivity contribution in [1.82, 2.24) is 10.2 Å². The van der Waals surface area contributed by atoms with Crippen molar-refractivity contribution in [3.63, 3.8) is 0 Å². The van der Waals surface area contributed by atoms with Crippen molar-refractivity contribution in [3.8, 4) is 6.07 Å². The van der Waals surface area contributed by atoms with Gasteiger partial charge in [-0.05, 0) is 60.8 Å². The van der Waals surface area contributed by atoms with Gasteiger partial charge in [0.2, 0.25) is 0 Å². The fourth-order valence-corrected chi connectivity index (χ4v) is 2.76. The summed E-state index contributed by atoms with van der Waals surface area (Å²) in [4.78, 5) is 14.2. The van der Waals surface area contributed by atoms with Crippen LogP contribution in [0, 0.1) is 11.3 Å². The summed E-state index contributed by atoms with van der Waals surface area (Å²) in [5.41, 5.74) is 2.32. The van der Waals surface area contributed by atoms with E-state index in [1.807, 2.05) is 25.5 Å². The van der Waals surface area contributed by atoms with Gasteiger partial charge in [-0.3, -0.25) is 4.79 Å². The minimum absolute atomic E-state index is 0.124. The zero-order valence-corrected chi connectivity index (χ0v) is 12.9. The molecule has 0 saturated carbocycles. The van der Waals surface area contributed by atoms with Gasteiger partial charge in [-0.25, -0.2) is 0 Å². The Morgan fingerprint density at radius 3 is 2.57 bits per heavy atom. The van der Waals surface area contributed by atoms with Crippen molar-refractivity contribution in [1.29, 1.82) is 5.26 Å². The normalized spacial score (nSPS) is 11.9. The highest BCUT2D eigenvalue weighted by molar-refractivity contribution is 7.07. The Morgan fingerprint density at radius 2 is 2.05 bits per heavy atom. The maximum atomic E-state index is 12.1. The van der Waals surface area contributed by atoms with Crippen LogP contribution in [0.4, 0.5) is 0 Å². The van der Waals surface area contributed by atoms with E-state index in [-0.39, 0.29) is 11.9 Å². The molecule has 2 aromatic rings. The number of carbonyl (C=O) groups excluding carboxylic acids is 1. The molecule has 0 aliphatic heterocycles. The number of hydrogen-bond acceptors (Lipinski definition) is 4. The summed E-state index contributed by atoms with van der Waals surface area (Å²) in [6.07, 6.45) is 0. The van der Waals surface area contributed by atoms with Gasteiger partial charge >= 0.3 is 0 Å². The molecule has 0 bridgehead atoms. The first-order chi connectivity index (χ1) is 10.1. The van der Waals surface area contributed by atoms with Crippen LogP contribution in [-0.2, 0) is 0 Å². The molecule has 1 atom stereocenters. The third-order valence-electron chi connectivity index (χ3n) is 3.28. The molecular weight excluding hydrogens is 282 g/mol. The Morgan fingerprint density at radius 1 is 1.33 bits per heavy atom. The second kappa shape index (κ2) is 7.02. The van der Waals surface area contributed by atoms with E-state index in [1.54, 1.807) is 35.6 Å². The lowest BCUT2D eigenvalue weighted by molar-refractivity contribution is 0.0942. The van der Waals surface area contributed by atoms with Gasteiger partial charge in [0.05, 0.1) is 17.7 Å². The molecule has 2 rings (SSSR count). The number of rotatable bonds is 5. The van der Waals surface area contributed by atoms with E-state index in [0.29, 0.717) is 17.7 Å². The molecule has 1 aromatic heterocycles. The fourth-order valence-electron chi connectivity index (χ4n) is 2.05. The Labute approximate surface area is 128 Å². The number of hydrogen-bond donors (Lipinski definition) is 1. The third kappa shape index (κ3) is 3.91. The van der Waals surface area contributed by atoms with Gasteiger partial charge in [0.15, 0.2) is 0 Å². The standard InChI is InChI=1S/C16H17N3OS/c1-19(2)15(14-7-8-21-11-14)10-18-16(20)13-5-3-12(9-17)4-6-13/h3-8,11,15H,10H2,1-2H3,(H,18,20). The van der Waals surface area contributed by atoms with E-state index in [1.165, 1.54) is 5.56 Å². The van der Waals surface area contributed by atoms with Crippen LogP contribution < -0.4 is 5.32 Å². The summed E-state index contributed by atoms with van der Waals surface area (Å²) in [6, 6.07) is 10.9. The number of thiophene rings is 1. The Balaban J connectivity index is 2.00. The van der Waals surface area contributed by atoms with E-state index in [0.717, 1.165) is 0 Å². The molecule has 1 heterocycles. The quantitative estimate of drug-likeness (QED) is 0.923. The van der Waals surface area contributed by atoms with Gasteiger partial charge < -0.3 is 10.2 Å². The molecule has 1 amide bonds. The molecule has 21 heavy (non-hydrogen) atoms. The van der Waals surface area contributed by atoms with Crippen molar-refractivity contribution in [2.24, 2.45) is 0 Å². The molecule has 1 N–H and O–H groups in total. The van der Waals surface area contributed by atoms with Gasteiger partial charge in [-0.15, -0.1) is 0 Å². The van der Waals surface area contributed by atoms with Crippen LogP contribution in [0.5, 0.6) is 0 Å². The lowest BCUT2D eigenvalue weighted by Gasteiger charge is -2.24. The lowest BCUT2D eigenvalue weighted by Crippen LogP contribution is -2.34. The number of carbonyl (C=O) groups is 1. The van der Waals surface area contributed by atoms with Crippen molar-refractivity contribution in [2.75, 3.05) is 20.6 Å². The molecule has 4 nitrogen and oxygen atoms in total. The molecule has 1 unspecified atom stereocenters. The van der Waals surface area contributed by atoms with Crippen LogP contribution in [0.15, 0.2) is 41.1 Å². The minimum Gasteiger partial charge on any atom is -0.350 e. The van der Waals surface area contributed by atoms with E-state index >= 15 is 0 Å². The first-order valence-corrected chi connectivity index (χ1v) is 7.53. The van der Waals surface area contributed by atoms with E-state index in [4.69, 9.17) is 5.26 Å². The van der Waals surface area contributed by atoms with Crippen LogP contribution in [0.1, 0.15) is 27.5 Å². The van der Waals surface area contributed by atoms with Gasteiger partial charge in [0, 0.05) is 12.1 Å². The van der Waals surface area contributed by atoms with E-state index in [9.17, 15) is 4.79 Å². The summed E-state index contributed by atoms with van der Waals surface area (Å²) in [7, 11) is 3.99. The monoisotopic (exact) mass is 299 g/mol. The third-order valence-corrected chi connectivity index (χ3v) is 3.98. The fraction of sp³-hybridized carbons (Fsp3) is 0.250. The van der Waals surface area contributed by atoms with Crippen LogP contribution in [0.2, 0.25) is 0 Å². The number of likely N-dealkylation sites (N-methyl/N-ethyl adjacent to an activating group) is 1. The predicted octanol–water partition coefficient (Wildman–Crippen LogP) is 2.65. The number of amides is 1. The van der Waals surface area contributed by atoms with Gasteiger partial charge in [-0.1, -0.05) is 0 Å². The average Bonchev–Trinajstić information content (AvgIpc) is 3.01. The maximum absolute atomic E-state index is 12.1. The van der Waals surface area contributed by atoms with Crippen molar-refractivity contribution < 1.29 is 4.79 Å². The second-order valence-electron chi connectivity index (χ2n) is 4.94. The van der Waals surface area contributed by atoms with Crippen molar-refractivity contribution in [3.05, 3.63) is 57.8 Å². The Hall–Kier alpha value is -2.16. The highest BCUT2D eigenvalue weighted by atomic mass is 32.1. The van der Waals surface area contributed by atoms with Gasteiger partial charge in [0.25, 0.3) is 5.91 Å². The smallest absolute Gasteiger partial charge is 0.251 e. The molecule has 0 saturated heterocycles. The largest absolute Gasteiger partial charge is 0.350 e. The zero-order valence-electron chi connectivity index (χ0n) is 12.0. The molecule has 0 radical (unpaired) electrons. The predicted molar refractivity (Wildman–Crippen MR) is 84.2 cm³/mol. The van der Waals surface area contributed by atoms with Crippen LogP contribution >= 0.6 is 11.3 Å². The van der Waals surface area contributed by atoms with Crippen LogP contribution in [0.3, 0.4) is 0 Å². The summed E-state index contributed by atoms with van der Waals surface area (Å²) >= 11 is 1.65. The first-order valence-electron chi connectivity index (χ1n) is 6.58. The van der Waals surface area contributed by atoms with Crippen LogP contribution in [-0.4, -0.2) is 31.4 Å². The topological polar surface area (TPSA) is 56.1 Å². The Bertz CT molecular complexity index is 627. The molecule has 0 aliphatic carbocycles. The summed E-state index contributed by atoms with van der Waals surface area (Å²) in [5, 5.41) is 15.8. The summed E-state index contributed by atoms with van der Waals surface area (Å²) in [6.45, 7) is 0.544. The van der Waals surface area contributed by atoms with Crippen molar-refractivity contribution in [2.45, 2.75) is 6.04 Å². The zero-order chi connectivity index (χ0) is 15.2. The van der Waals surface area contributed by atoms with Crippen molar-refractivity contribution >= 4 is 17.2 Å². The molecule has 0 spiro atoms. The lowest BCUT2D eigenvalue weighted by atomic mass is 10.1. The first kappa shape index (κ1) is 15.2. The summed E-state index contributed by atoms with van der Waals surface area (Å²) in [5.74, 6) is -0.124. The molecule has 0 aliphatic rings. The average molecular weight is 299 g/mol.